The molecule has 1 rings (SSSR count). The quantitative estimate of drug-likeness (QED) is 0.807. The third-order valence-corrected chi connectivity index (χ3v) is 3.60. The largest absolute Gasteiger partial charge is 0.493 e. The Morgan fingerprint density at radius 2 is 1.76 bits per heavy atom. The lowest BCUT2D eigenvalue weighted by Crippen LogP contribution is -2.27. The molecule has 0 bridgehead atoms. The molecule has 5 heteroatoms. The van der Waals surface area contributed by atoms with E-state index >= 15 is 0 Å². The predicted octanol–water partition coefficient (Wildman–Crippen LogP) is 2.30. The van der Waals surface area contributed by atoms with Gasteiger partial charge in [0, 0.05) is 12.5 Å². The Morgan fingerprint density at radius 3 is 2.24 bits per heavy atom. The van der Waals surface area contributed by atoms with Crippen LogP contribution >= 0.6 is 0 Å². The maximum atomic E-state index is 11.1. The van der Waals surface area contributed by atoms with E-state index in [9.17, 15) is 4.79 Å². The van der Waals surface area contributed by atoms with Crippen LogP contribution in [-0.4, -0.2) is 20.1 Å². The Balaban J connectivity index is 3.02. The summed E-state index contributed by atoms with van der Waals surface area (Å²) >= 11 is 0. The molecule has 1 aromatic carbocycles. The fourth-order valence-electron chi connectivity index (χ4n) is 2.64. The van der Waals surface area contributed by atoms with Crippen molar-refractivity contribution < 1.29 is 14.3 Å². The van der Waals surface area contributed by atoms with Gasteiger partial charge in [0.15, 0.2) is 11.5 Å². The summed E-state index contributed by atoms with van der Waals surface area (Å²) in [6.45, 7) is 5.97. The molecule has 1 atom stereocenters. The molecule has 0 heterocycles. The SMILES string of the molecule is COc1cc(C)c(C(N)CC(C)(C)CC(N)=O)cc1OC. The number of hydrogen-bond donors (Lipinski definition) is 2. The molecule has 118 valence electrons. The van der Waals surface area contributed by atoms with Crippen LogP contribution in [-0.2, 0) is 4.79 Å². The minimum atomic E-state index is -0.309. The normalized spacial score (nSPS) is 12.9. The Labute approximate surface area is 126 Å². The van der Waals surface area contributed by atoms with Gasteiger partial charge in [0.25, 0.3) is 0 Å². The summed E-state index contributed by atoms with van der Waals surface area (Å²) in [5, 5.41) is 0. The second-order valence-electron chi connectivity index (χ2n) is 6.18. The molecule has 0 aliphatic rings. The summed E-state index contributed by atoms with van der Waals surface area (Å²) < 4.78 is 10.6. The number of benzene rings is 1. The van der Waals surface area contributed by atoms with Gasteiger partial charge in [-0.3, -0.25) is 4.79 Å². The fraction of sp³-hybridized carbons (Fsp3) is 0.562. The van der Waals surface area contributed by atoms with Crippen molar-refractivity contribution in [2.45, 2.75) is 39.7 Å². The molecular weight excluding hydrogens is 268 g/mol. The first-order chi connectivity index (χ1) is 9.70. The van der Waals surface area contributed by atoms with Crippen molar-refractivity contribution in [1.82, 2.24) is 0 Å². The smallest absolute Gasteiger partial charge is 0.217 e. The first kappa shape index (κ1) is 17.3. The highest BCUT2D eigenvalue weighted by atomic mass is 16.5. The Morgan fingerprint density at radius 1 is 1.24 bits per heavy atom. The Hall–Kier alpha value is -1.75. The van der Waals surface area contributed by atoms with E-state index in [0.717, 1.165) is 11.1 Å². The maximum Gasteiger partial charge on any atom is 0.217 e. The first-order valence-corrected chi connectivity index (χ1v) is 6.96. The van der Waals surface area contributed by atoms with Crippen molar-refractivity contribution >= 4 is 5.91 Å². The van der Waals surface area contributed by atoms with Crippen LogP contribution in [0.2, 0.25) is 0 Å². The molecule has 0 aliphatic heterocycles. The molecule has 1 amide bonds. The van der Waals surface area contributed by atoms with Crippen LogP contribution < -0.4 is 20.9 Å². The van der Waals surface area contributed by atoms with Crippen LogP contribution in [0.1, 0.15) is 43.9 Å². The van der Waals surface area contributed by atoms with Gasteiger partial charge in [0.2, 0.25) is 5.91 Å². The van der Waals surface area contributed by atoms with E-state index in [1.165, 1.54) is 0 Å². The molecule has 0 radical (unpaired) electrons. The van der Waals surface area contributed by atoms with E-state index in [1.54, 1.807) is 14.2 Å². The zero-order valence-corrected chi connectivity index (χ0v) is 13.5. The van der Waals surface area contributed by atoms with Crippen molar-refractivity contribution in [1.29, 1.82) is 0 Å². The minimum Gasteiger partial charge on any atom is -0.493 e. The first-order valence-electron chi connectivity index (χ1n) is 6.96. The molecule has 21 heavy (non-hydrogen) atoms. The third-order valence-electron chi connectivity index (χ3n) is 3.60. The fourth-order valence-corrected chi connectivity index (χ4v) is 2.64. The van der Waals surface area contributed by atoms with Gasteiger partial charge in [-0.2, -0.15) is 0 Å². The van der Waals surface area contributed by atoms with Gasteiger partial charge in [0.1, 0.15) is 0 Å². The highest BCUT2D eigenvalue weighted by molar-refractivity contribution is 5.74. The van der Waals surface area contributed by atoms with Gasteiger partial charge >= 0.3 is 0 Å². The molecule has 1 aromatic rings. The molecule has 4 N–H and O–H groups in total. The van der Waals surface area contributed by atoms with Crippen molar-refractivity contribution in [3.8, 4) is 11.5 Å². The average molecular weight is 294 g/mol. The van der Waals surface area contributed by atoms with Gasteiger partial charge in [-0.15, -0.1) is 0 Å². The van der Waals surface area contributed by atoms with E-state index in [4.69, 9.17) is 20.9 Å². The number of ether oxygens (including phenoxy) is 2. The van der Waals surface area contributed by atoms with Crippen LogP contribution in [0.25, 0.3) is 0 Å². The van der Waals surface area contributed by atoms with Gasteiger partial charge < -0.3 is 20.9 Å². The number of hydrogen-bond acceptors (Lipinski definition) is 4. The molecule has 0 aliphatic carbocycles. The molecule has 0 aromatic heterocycles. The molecule has 0 fully saturated rings. The number of nitrogens with two attached hydrogens (primary N) is 2. The molecule has 0 saturated heterocycles. The zero-order chi connectivity index (χ0) is 16.2. The number of aryl methyl sites for hydroxylation is 1. The third kappa shape index (κ3) is 4.63. The van der Waals surface area contributed by atoms with Gasteiger partial charge in [-0.25, -0.2) is 0 Å². The summed E-state index contributed by atoms with van der Waals surface area (Å²) in [5.74, 6) is 1.03. The molecular formula is C16H26N2O3. The van der Waals surface area contributed by atoms with Gasteiger partial charge in [-0.05, 0) is 42.0 Å². The van der Waals surface area contributed by atoms with Crippen LogP contribution in [0.5, 0.6) is 11.5 Å². The van der Waals surface area contributed by atoms with E-state index in [2.05, 4.69) is 0 Å². The second kappa shape index (κ2) is 6.80. The Bertz CT molecular complexity index is 512. The number of methoxy groups -OCH3 is 2. The molecule has 0 spiro atoms. The van der Waals surface area contributed by atoms with E-state index < -0.39 is 0 Å². The Kier molecular flexibility index (Phi) is 5.61. The lowest BCUT2D eigenvalue weighted by molar-refractivity contribution is -0.120. The number of carbonyl (C=O) groups excluding carboxylic acids is 1. The molecule has 0 saturated carbocycles. The molecule has 1 unspecified atom stereocenters. The summed E-state index contributed by atoms with van der Waals surface area (Å²) in [6, 6.07) is 3.62. The number of amides is 1. The summed E-state index contributed by atoms with van der Waals surface area (Å²) in [5.41, 5.74) is 13.4. The summed E-state index contributed by atoms with van der Waals surface area (Å²) in [4.78, 5) is 11.1. The number of rotatable bonds is 7. The summed E-state index contributed by atoms with van der Waals surface area (Å²) in [7, 11) is 3.20. The molecule has 5 nitrogen and oxygen atoms in total. The van der Waals surface area contributed by atoms with Gasteiger partial charge in [0.05, 0.1) is 14.2 Å². The van der Waals surface area contributed by atoms with Crippen LogP contribution in [0.3, 0.4) is 0 Å². The average Bonchev–Trinajstić information content (AvgIpc) is 2.35. The van der Waals surface area contributed by atoms with E-state index in [1.807, 2.05) is 32.9 Å². The predicted molar refractivity (Wildman–Crippen MR) is 83.4 cm³/mol. The standard InChI is InChI=1S/C16H26N2O3/c1-10-6-13(20-4)14(21-5)7-11(10)12(17)8-16(2,3)9-15(18)19/h6-7,12H,8-9,17H2,1-5H3,(H2,18,19). The highest BCUT2D eigenvalue weighted by Gasteiger charge is 2.25. The lowest BCUT2D eigenvalue weighted by atomic mass is 9.80. The van der Waals surface area contributed by atoms with Gasteiger partial charge in [-0.1, -0.05) is 13.8 Å². The van der Waals surface area contributed by atoms with E-state index in [0.29, 0.717) is 24.3 Å². The van der Waals surface area contributed by atoms with Crippen molar-refractivity contribution in [3.63, 3.8) is 0 Å². The number of primary amides is 1. The van der Waals surface area contributed by atoms with Crippen molar-refractivity contribution in [2.75, 3.05) is 14.2 Å². The van der Waals surface area contributed by atoms with Crippen LogP contribution in [0, 0.1) is 12.3 Å². The van der Waals surface area contributed by atoms with Crippen molar-refractivity contribution in [3.05, 3.63) is 23.3 Å². The second-order valence-corrected chi connectivity index (χ2v) is 6.18. The van der Waals surface area contributed by atoms with E-state index in [-0.39, 0.29) is 17.4 Å². The van der Waals surface area contributed by atoms with Crippen LogP contribution in [0.15, 0.2) is 12.1 Å². The maximum absolute atomic E-state index is 11.1. The topological polar surface area (TPSA) is 87.6 Å². The van der Waals surface area contributed by atoms with Crippen LogP contribution in [0.4, 0.5) is 0 Å². The highest BCUT2D eigenvalue weighted by Crippen LogP contribution is 2.37. The zero-order valence-electron chi connectivity index (χ0n) is 13.5. The van der Waals surface area contributed by atoms with Crippen molar-refractivity contribution in [2.24, 2.45) is 16.9 Å². The minimum absolute atomic E-state index is 0.195. The number of carbonyl (C=O) groups is 1. The monoisotopic (exact) mass is 294 g/mol. The lowest BCUT2D eigenvalue weighted by Gasteiger charge is -2.28. The summed E-state index contributed by atoms with van der Waals surface area (Å²) in [6.07, 6.45) is 0.972.